The van der Waals surface area contributed by atoms with E-state index >= 15 is 0 Å². The fourth-order valence-corrected chi connectivity index (χ4v) is 2.37. The molecule has 0 amide bonds. The topological polar surface area (TPSA) is 38.5 Å². The summed E-state index contributed by atoms with van der Waals surface area (Å²) in [6, 6.07) is 0. The van der Waals surface area contributed by atoms with Gasteiger partial charge in [-0.1, -0.05) is 38.5 Å². The van der Waals surface area contributed by atoms with Crippen molar-refractivity contribution < 1.29 is 4.74 Å². The highest BCUT2D eigenvalue weighted by molar-refractivity contribution is 4.61. The van der Waals surface area contributed by atoms with Crippen molar-refractivity contribution in [3.05, 3.63) is 0 Å². The molecule has 0 radical (unpaired) electrons. The predicted octanol–water partition coefficient (Wildman–Crippen LogP) is 2.40. The minimum Gasteiger partial charge on any atom is -0.379 e. The molecule has 2 N–H and O–H groups in total. The summed E-state index contributed by atoms with van der Waals surface area (Å²) in [6.45, 7) is 6.27. The van der Waals surface area contributed by atoms with E-state index in [0.29, 0.717) is 0 Å². The Labute approximate surface area is 107 Å². The number of unbranched alkanes of at least 4 members (excludes halogenated alkanes) is 7. The smallest absolute Gasteiger partial charge is 0.0594 e. The Balaban J connectivity index is 1.75. The van der Waals surface area contributed by atoms with E-state index in [1.54, 1.807) is 0 Å². The fraction of sp³-hybridized carbons (Fsp3) is 1.00. The van der Waals surface area contributed by atoms with Crippen LogP contribution in [0.15, 0.2) is 0 Å². The van der Waals surface area contributed by atoms with Gasteiger partial charge in [-0.3, -0.25) is 4.90 Å². The summed E-state index contributed by atoms with van der Waals surface area (Å²) in [7, 11) is 0. The fourth-order valence-electron chi connectivity index (χ4n) is 2.37. The largest absolute Gasteiger partial charge is 0.379 e. The summed E-state index contributed by atoms with van der Waals surface area (Å²) in [6.07, 6.45) is 10.9. The van der Waals surface area contributed by atoms with Crippen molar-refractivity contribution >= 4 is 0 Å². The van der Waals surface area contributed by atoms with Crippen LogP contribution >= 0.6 is 0 Å². The molecule has 1 heterocycles. The van der Waals surface area contributed by atoms with Gasteiger partial charge in [0.25, 0.3) is 0 Å². The lowest BCUT2D eigenvalue weighted by molar-refractivity contribution is 0.0371. The zero-order valence-electron chi connectivity index (χ0n) is 11.3. The maximum absolute atomic E-state index is 5.47. The molecule has 102 valence electrons. The number of morpholine rings is 1. The number of hydrogen-bond acceptors (Lipinski definition) is 3. The van der Waals surface area contributed by atoms with Crippen LogP contribution in [0.1, 0.15) is 51.4 Å². The Hall–Kier alpha value is -0.120. The second-order valence-electron chi connectivity index (χ2n) is 5.07. The maximum Gasteiger partial charge on any atom is 0.0594 e. The summed E-state index contributed by atoms with van der Waals surface area (Å²) in [5, 5.41) is 0. The van der Waals surface area contributed by atoms with Gasteiger partial charge in [0, 0.05) is 13.1 Å². The molecular weight excluding hydrogens is 212 g/mol. The average molecular weight is 242 g/mol. The van der Waals surface area contributed by atoms with Gasteiger partial charge in [-0.25, -0.2) is 0 Å². The molecule has 1 fully saturated rings. The van der Waals surface area contributed by atoms with Gasteiger partial charge in [0.1, 0.15) is 0 Å². The molecule has 0 atom stereocenters. The molecular formula is C14H30N2O. The third-order valence-electron chi connectivity index (χ3n) is 3.53. The van der Waals surface area contributed by atoms with E-state index < -0.39 is 0 Å². The number of nitrogens with two attached hydrogens (primary N) is 1. The van der Waals surface area contributed by atoms with Crippen LogP contribution < -0.4 is 5.73 Å². The molecule has 3 heteroatoms. The van der Waals surface area contributed by atoms with Gasteiger partial charge in [0.2, 0.25) is 0 Å². The Bertz CT molecular complexity index is 158. The molecule has 0 aromatic rings. The van der Waals surface area contributed by atoms with Crippen LogP contribution in [0, 0.1) is 0 Å². The predicted molar refractivity (Wildman–Crippen MR) is 73.2 cm³/mol. The van der Waals surface area contributed by atoms with E-state index in [2.05, 4.69) is 4.90 Å². The summed E-state index contributed by atoms with van der Waals surface area (Å²) in [5.74, 6) is 0. The lowest BCUT2D eigenvalue weighted by atomic mass is 10.1. The molecule has 0 aromatic heterocycles. The molecule has 0 bridgehead atoms. The van der Waals surface area contributed by atoms with Crippen molar-refractivity contribution in [3.63, 3.8) is 0 Å². The third-order valence-corrected chi connectivity index (χ3v) is 3.53. The number of nitrogens with zero attached hydrogens (tertiary/aromatic N) is 1. The molecule has 17 heavy (non-hydrogen) atoms. The van der Waals surface area contributed by atoms with Gasteiger partial charge in [0.05, 0.1) is 13.2 Å². The van der Waals surface area contributed by atoms with E-state index in [4.69, 9.17) is 10.5 Å². The molecule has 1 aliphatic rings. The Kier molecular flexibility index (Phi) is 9.66. The van der Waals surface area contributed by atoms with Crippen molar-refractivity contribution in [2.75, 3.05) is 39.4 Å². The van der Waals surface area contributed by atoms with Gasteiger partial charge >= 0.3 is 0 Å². The van der Waals surface area contributed by atoms with Gasteiger partial charge < -0.3 is 10.5 Å². The lowest BCUT2D eigenvalue weighted by Crippen LogP contribution is -2.36. The van der Waals surface area contributed by atoms with Crippen molar-refractivity contribution in [3.8, 4) is 0 Å². The average Bonchev–Trinajstić information content (AvgIpc) is 2.38. The van der Waals surface area contributed by atoms with Crippen LogP contribution in [0.25, 0.3) is 0 Å². The van der Waals surface area contributed by atoms with Crippen molar-refractivity contribution in [2.24, 2.45) is 5.73 Å². The highest BCUT2D eigenvalue weighted by atomic mass is 16.5. The molecule has 1 saturated heterocycles. The van der Waals surface area contributed by atoms with Crippen molar-refractivity contribution in [1.82, 2.24) is 4.90 Å². The summed E-state index contributed by atoms with van der Waals surface area (Å²) >= 11 is 0. The number of rotatable bonds is 10. The first-order valence-electron chi connectivity index (χ1n) is 7.43. The molecule has 1 rings (SSSR count). The zero-order valence-corrected chi connectivity index (χ0v) is 11.3. The van der Waals surface area contributed by atoms with Crippen molar-refractivity contribution in [1.29, 1.82) is 0 Å². The van der Waals surface area contributed by atoms with Gasteiger partial charge in [-0.2, -0.15) is 0 Å². The lowest BCUT2D eigenvalue weighted by Gasteiger charge is -2.26. The van der Waals surface area contributed by atoms with E-state index in [1.165, 1.54) is 57.9 Å². The normalized spacial score (nSPS) is 17.5. The SMILES string of the molecule is NCCCCCCCCCCN1CCOCC1. The third kappa shape index (κ3) is 8.58. The highest BCUT2D eigenvalue weighted by Gasteiger charge is 2.08. The first-order valence-corrected chi connectivity index (χ1v) is 7.43. The standard InChI is InChI=1S/C14H30N2O/c15-9-7-5-3-1-2-4-6-8-10-16-11-13-17-14-12-16/h1-15H2. The molecule has 1 aliphatic heterocycles. The van der Waals surface area contributed by atoms with Crippen LogP contribution in [0.3, 0.4) is 0 Å². The summed E-state index contributed by atoms with van der Waals surface area (Å²) in [4.78, 5) is 2.53. The van der Waals surface area contributed by atoms with E-state index in [1.807, 2.05) is 0 Å². The number of hydrogen-bond donors (Lipinski definition) is 1. The van der Waals surface area contributed by atoms with Crippen LogP contribution in [-0.2, 0) is 4.74 Å². The van der Waals surface area contributed by atoms with E-state index in [0.717, 1.165) is 32.8 Å². The highest BCUT2D eigenvalue weighted by Crippen LogP contribution is 2.09. The van der Waals surface area contributed by atoms with Crippen LogP contribution in [0.4, 0.5) is 0 Å². The molecule has 0 aromatic carbocycles. The van der Waals surface area contributed by atoms with E-state index in [9.17, 15) is 0 Å². The van der Waals surface area contributed by atoms with Gasteiger partial charge in [-0.15, -0.1) is 0 Å². The number of ether oxygens (including phenoxy) is 1. The molecule has 0 aliphatic carbocycles. The molecule has 3 nitrogen and oxygen atoms in total. The molecule has 0 unspecified atom stereocenters. The Morgan fingerprint density at radius 1 is 0.765 bits per heavy atom. The van der Waals surface area contributed by atoms with Crippen LogP contribution in [-0.4, -0.2) is 44.3 Å². The second kappa shape index (κ2) is 11.0. The molecule has 0 spiro atoms. The van der Waals surface area contributed by atoms with Gasteiger partial charge in [0.15, 0.2) is 0 Å². The minimum atomic E-state index is 0.861. The Morgan fingerprint density at radius 2 is 1.29 bits per heavy atom. The summed E-state index contributed by atoms with van der Waals surface area (Å²) < 4.78 is 5.34. The second-order valence-corrected chi connectivity index (χ2v) is 5.07. The van der Waals surface area contributed by atoms with Crippen LogP contribution in [0.2, 0.25) is 0 Å². The first kappa shape index (κ1) is 14.9. The Morgan fingerprint density at radius 3 is 1.88 bits per heavy atom. The minimum absolute atomic E-state index is 0.861. The van der Waals surface area contributed by atoms with Crippen LogP contribution in [0.5, 0.6) is 0 Å². The maximum atomic E-state index is 5.47. The zero-order chi connectivity index (χ0) is 12.2. The first-order chi connectivity index (χ1) is 8.43. The van der Waals surface area contributed by atoms with E-state index in [-0.39, 0.29) is 0 Å². The molecule has 0 saturated carbocycles. The van der Waals surface area contributed by atoms with Crippen molar-refractivity contribution in [2.45, 2.75) is 51.4 Å². The van der Waals surface area contributed by atoms with Gasteiger partial charge in [-0.05, 0) is 25.9 Å². The summed E-state index contributed by atoms with van der Waals surface area (Å²) in [5.41, 5.74) is 5.47. The monoisotopic (exact) mass is 242 g/mol. The quantitative estimate of drug-likeness (QED) is 0.598.